The number of nitrogens with zero attached hydrogens (tertiary/aromatic N) is 3. The van der Waals surface area contributed by atoms with E-state index in [0.717, 1.165) is 54.5 Å². The van der Waals surface area contributed by atoms with Crippen LogP contribution in [-0.4, -0.2) is 42.4 Å². The first-order chi connectivity index (χ1) is 17.3. The van der Waals surface area contributed by atoms with Gasteiger partial charge in [0.25, 0.3) is 0 Å². The van der Waals surface area contributed by atoms with Crippen LogP contribution in [0.4, 0.5) is 24.7 Å². The molecule has 36 heavy (non-hydrogen) atoms. The van der Waals surface area contributed by atoms with Crippen molar-refractivity contribution in [2.75, 3.05) is 36.0 Å². The molecule has 1 saturated heterocycles. The van der Waals surface area contributed by atoms with E-state index in [1.807, 2.05) is 12.1 Å². The zero-order chi connectivity index (χ0) is 24.9. The molecule has 0 amide bonds. The number of anilines is 2. The van der Waals surface area contributed by atoms with Crippen LogP contribution in [0.25, 0.3) is 0 Å². The molecule has 4 saturated carbocycles. The quantitative estimate of drug-likeness (QED) is 0.583. The molecule has 5 aliphatic rings. The Morgan fingerprint density at radius 1 is 0.889 bits per heavy atom. The van der Waals surface area contributed by atoms with Crippen molar-refractivity contribution >= 4 is 11.5 Å². The molecule has 0 radical (unpaired) electrons. The number of aromatic nitrogens is 1. The number of benzene rings is 1. The topological polar surface area (TPSA) is 39.6 Å². The minimum Gasteiger partial charge on any atom is -0.380 e. The number of hydrogen-bond acceptors (Lipinski definition) is 4. The van der Waals surface area contributed by atoms with Gasteiger partial charge in [-0.05, 0) is 80.5 Å². The smallest absolute Gasteiger partial charge is 0.380 e. The Labute approximate surface area is 210 Å². The van der Waals surface area contributed by atoms with Gasteiger partial charge in [-0.1, -0.05) is 24.0 Å². The predicted octanol–water partition coefficient (Wildman–Crippen LogP) is 5.36. The van der Waals surface area contributed by atoms with Gasteiger partial charge in [0, 0.05) is 49.0 Å². The first kappa shape index (κ1) is 23.7. The maximum atomic E-state index is 13.4. The number of hydrogen-bond donors (Lipinski definition) is 1. The third kappa shape index (κ3) is 4.45. The van der Waals surface area contributed by atoms with Crippen LogP contribution in [0.5, 0.6) is 0 Å². The number of aliphatic hydroxyl groups is 1. The Morgan fingerprint density at radius 3 is 2.08 bits per heavy atom. The van der Waals surface area contributed by atoms with E-state index >= 15 is 0 Å². The normalized spacial score (nSPS) is 30.2. The Bertz CT molecular complexity index is 1120. The second kappa shape index (κ2) is 8.99. The lowest BCUT2D eigenvalue weighted by molar-refractivity contribution is -0.137. The van der Waals surface area contributed by atoms with Crippen molar-refractivity contribution in [2.24, 2.45) is 23.2 Å². The molecule has 1 aliphatic heterocycles. The fourth-order valence-corrected chi connectivity index (χ4v) is 7.63. The summed E-state index contributed by atoms with van der Waals surface area (Å²) in [6.07, 6.45) is 4.16. The first-order valence-corrected chi connectivity index (χ1v) is 13.1. The van der Waals surface area contributed by atoms with E-state index in [4.69, 9.17) is 0 Å². The molecule has 5 fully saturated rings. The van der Waals surface area contributed by atoms with Crippen LogP contribution in [0.1, 0.15) is 49.7 Å². The molecular formula is C29H32F3N3O. The van der Waals surface area contributed by atoms with E-state index in [2.05, 4.69) is 21.7 Å². The fourth-order valence-electron chi connectivity index (χ4n) is 7.63. The molecule has 7 heteroatoms. The molecule has 1 aromatic heterocycles. The van der Waals surface area contributed by atoms with E-state index in [1.165, 1.54) is 25.3 Å². The van der Waals surface area contributed by atoms with Crippen molar-refractivity contribution in [2.45, 2.75) is 50.8 Å². The summed E-state index contributed by atoms with van der Waals surface area (Å²) in [7, 11) is 0. The van der Waals surface area contributed by atoms with Gasteiger partial charge in [0.05, 0.1) is 5.56 Å². The lowest BCUT2D eigenvalue weighted by Gasteiger charge is -2.57. The monoisotopic (exact) mass is 495 g/mol. The minimum atomic E-state index is -4.37. The van der Waals surface area contributed by atoms with Gasteiger partial charge in [-0.25, -0.2) is 4.98 Å². The van der Waals surface area contributed by atoms with Crippen molar-refractivity contribution in [1.29, 1.82) is 0 Å². The average Bonchev–Trinajstić information content (AvgIpc) is 2.86. The molecule has 1 N–H and O–H groups in total. The second-order valence-electron chi connectivity index (χ2n) is 11.3. The molecule has 4 bridgehead atoms. The van der Waals surface area contributed by atoms with Crippen LogP contribution in [-0.2, 0) is 6.18 Å². The number of aliphatic hydroxyl groups excluding tert-OH is 1. The summed E-state index contributed by atoms with van der Waals surface area (Å²) in [5, 5.41) is 11.0. The SMILES string of the molecule is OC(C#Cc1ccc(N2CCN(c3ccccc3C(F)(F)F)CC2)nc1)C12CC3CC(CC(C3)C1)C2. The van der Waals surface area contributed by atoms with E-state index in [0.29, 0.717) is 26.2 Å². The molecule has 1 atom stereocenters. The number of pyridine rings is 1. The summed E-state index contributed by atoms with van der Waals surface area (Å²) in [6, 6.07) is 9.61. The van der Waals surface area contributed by atoms with Crippen molar-refractivity contribution in [3.8, 4) is 11.8 Å². The predicted molar refractivity (Wildman–Crippen MR) is 134 cm³/mol. The highest BCUT2D eigenvalue weighted by Crippen LogP contribution is 2.61. The summed E-state index contributed by atoms with van der Waals surface area (Å²) < 4.78 is 40.2. The standard InChI is InChI=1S/C29H32F3N3O/c30-29(31,32)24-3-1-2-4-25(24)34-9-11-35(12-10-34)27-8-6-20(19-33-27)5-7-26(36)28-16-21-13-22(17-28)15-23(14-21)18-28/h1-4,6,8,19,21-23,26,36H,9-18H2. The molecular weight excluding hydrogens is 463 g/mol. The average molecular weight is 496 g/mol. The molecule has 4 nitrogen and oxygen atoms in total. The number of piperazine rings is 1. The van der Waals surface area contributed by atoms with Crippen LogP contribution in [0.15, 0.2) is 42.6 Å². The summed E-state index contributed by atoms with van der Waals surface area (Å²) >= 11 is 0. The number of alkyl halides is 3. The Kier molecular flexibility index (Phi) is 5.91. The Balaban J connectivity index is 1.09. The zero-order valence-electron chi connectivity index (χ0n) is 20.3. The number of rotatable bonds is 3. The zero-order valence-corrected chi connectivity index (χ0v) is 20.3. The fraction of sp³-hybridized carbons (Fsp3) is 0.552. The maximum Gasteiger partial charge on any atom is 0.418 e. The van der Waals surface area contributed by atoms with Crippen LogP contribution >= 0.6 is 0 Å². The summed E-state index contributed by atoms with van der Waals surface area (Å²) in [6.45, 7) is 2.17. The second-order valence-corrected chi connectivity index (χ2v) is 11.3. The Hall–Kier alpha value is -2.72. The van der Waals surface area contributed by atoms with Gasteiger partial charge in [-0.15, -0.1) is 0 Å². The van der Waals surface area contributed by atoms with Gasteiger partial charge < -0.3 is 14.9 Å². The minimum absolute atomic E-state index is 0.0144. The van der Waals surface area contributed by atoms with Gasteiger partial charge in [-0.3, -0.25) is 0 Å². The maximum absolute atomic E-state index is 13.4. The van der Waals surface area contributed by atoms with Crippen LogP contribution in [0.3, 0.4) is 0 Å². The van der Waals surface area contributed by atoms with Gasteiger partial charge >= 0.3 is 6.18 Å². The van der Waals surface area contributed by atoms with Crippen molar-refractivity contribution in [3.05, 3.63) is 53.7 Å². The lowest BCUT2D eigenvalue weighted by Crippen LogP contribution is -2.51. The van der Waals surface area contributed by atoms with Crippen molar-refractivity contribution < 1.29 is 18.3 Å². The first-order valence-electron chi connectivity index (χ1n) is 13.1. The van der Waals surface area contributed by atoms with Gasteiger partial charge in [0.15, 0.2) is 0 Å². The van der Waals surface area contributed by atoms with Crippen LogP contribution < -0.4 is 9.80 Å². The molecule has 4 aliphatic carbocycles. The van der Waals surface area contributed by atoms with Crippen LogP contribution in [0.2, 0.25) is 0 Å². The molecule has 190 valence electrons. The number of para-hydroxylation sites is 1. The van der Waals surface area contributed by atoms with Gasteiger partial charge in [0.2, 0.25) is 0 Å². The highest BCUT2D eigenvalue weighted by molar-refractivity contribution is 5.56. The van der Waals surface area contributed by atoms with E-state index in [1.54, 1.807) is 23.2 Å². The van der Waals surface area contributed by atoms with Crippen molar-refractivity contribution in [3.63, 3.8) is 0 Å². The molecule has 2 aromatic rings. The molecule has 0 spiro atoms. The van der Waals surface area contributed by atoms with E-state index < -0.39 is 17.8 Å². The summed E-state index contributed by atoms with van der Waals surface area (Å²) in [4.78, 5) is 8.46. The van der Waals surface area contributed by atoms with Gasteiger partial charge in [0.1, 0.15) is 11.9 Å². The highest BCUT2D eigenvalue weighted by atomic mass is 19.4. The van der Waals surface area contributed by atoms with Crippen LogP contribution in [0, 0.1) is 35.0 Å². The molecule has 1 unspecified atom stereocenters. The third-order valence-electron chi connectivity index (χ3n) is 8.92. The molecule has 7 rings (SSSR count). The third-order valence-corrected chi connectivity index (χ3v) is 8.92. The van der Waals surface area contributed by atoms with E-state index in [-0.39, 0.29) is 11.1 Å². The molecule has 1 aromatic carbocycles. The summed E-state index contributed by atoms with van der Waals surface area (Å²) in [5.74, 6) is 9.42. The van der Waals surface area contributed by atoms with E-state index in [9.17, 15) is 18.3 Å². The van der Waals surface area contributed by atoms with Crippen molar-refractivity contribution in [1.82, 2.24) is 4.98 Å². The Morgan fingerprint density at radius 2 is 1.50 bits per heavy atom. The lowest BCUT2D eigenvalue weighted by atomic mass is 9.48. The van der Waals surface area contributed by atoms with Gasteiger partial charge in [-0.2, -0.15) is 13.2 Å². The number of halogens is 3. The largest absolute Gasteiger partial charge is 0.418 e. The highest BCUT2D eigenvalue weighted by Gasteiger charge is 2.53. The summed E-state index contributed by atoms with van der Waals surface area (Å²) in [5.41, 5.74) is 0.413. The molecule has 2 heterocycles.